The second-order valence-corrected chi connectivity index (χ2v) is 6.24. The Morgan fingerprint density at radius 1 is 1.45 bits per heavy atom. The molecule has 0 aliphatic carbocycles. The monoisotopic (exact) mass is 230 g/mol. The number of hydrogen-bond acceptors (Lipinski definition) is 1. The van der Waals surface area contributed by atoms with Gasteiger partial charge in [-0.25, -0.2) is 0 Å². The molecule has 0 bridgehead atoms. The molecule has 1 heterocycles. The SMILES string of the molecule is C=C[SiH]1CC(Cl)C(Cl)C(Cl)O1. The highest BCUT2D eigenvalue weighted by molar-refractivity contribution is 6.60. The Balaban J connectivity index is 2.54. The first-order valence-corrected chi connectivity index (χ1v) is 6.61. The van der Waals surface area contributed by atoms with Gasteiger partial charge in [0.2, 0.25) is 9.04 Å². The Kier molecular flexibility index (Phi) is 3.72. The first-order chi connectivity index (χ1) is 5.15. The predicted octanol–water partition coefficient (Wildman–Crippen LogP) is 2.25. The number of hydrogen-bond donors (Lipinski definition) is 0. The van der Waals surface area contributed by atoms with Gasteiger partial charge in [-0.2, -0.15) is 0 Å². The minimum atomic E-state index is -1.34. The molecule has 0 spiro atoms. The van der Waals surface area contributed by atoms with Crippen LogP contribution in [0.5, 0.6) is 0 Å². The fourth-order valence-electron chi connectivity index (χ4n) is 0.965. The smallest absolute Gasteiger partial charge is 0.204 e. The molecule has 0 radical (unpaired) electrons. The van der Waals surface area contributed by atoms with Crippen LogP contribution in [0.2, 0.25) is 6.04 Å². The van der Waals surface area contributed by atoms with Crippen LogP contribution in [0.4, 0.5) is 0 Å². The summed E-state index contributed by atoms with van der Waals surface area (Å²) in [5, 5.41) is -0.343. The third-order valence-corrected chi connectivity index (χ3v) is 5.85. The third-order valence-electron chi connectivity index (χ3n) is 1.62. The molecule has 0 N–H and O–H groups in total. The van der Waals surface area contributed by atoms with E-state index in [4.69, 9.17) is 39.2 Å². The van der Waals surface area contributed by atoms with Gasteiger partial charge in [0.1, 0.15) is 5.56 Å². The average molecular weight is 232 g/mol. The summed E-state index contributed by atoms with van der Waals surface area (Å²) in [6.07, 6.45) is 0. The molecule has 0 aromatic heterocycles. The van der Waals surface area contributed by atoms with Crippen LogP contribution in [0.25, 0.3) is 0 Å². The maximum absolute atomic E-state index is 5.93. The molecule has 0 aromatic rings. The van der Waals surface area contributed by atoms with Gasteiger partial charge in [0.05, 0.1) is 10.8 Å². The van der Waals surface area contributed by atoms with Crippen LogP contribution in [-0.2, 0) is 4.43 Å². The highest BCUT2D eigenvalue weighted by Gasteiger charge is 2.34. The summed E-state index contributed by atoms with van der Waals surface area (Å²) in [6.45, 7) is 3.65. The summed E-state index contributed by atoms with van der Waals surface area (Å²) in [7, 11) is -1.34. The second-order valence-electron chi connectivity index (χ2n) is 2.46. The molecule has 1 nitrogen and oxygen atoms in total. The van der Waals surface area contributed by atoms with Crippen LogP contribution in [-0.4, -0.2) is 25.4 Å². The highest BCUT2D eigenvalue weighted by Crippen LogP contribution is 2.29. The summed E-state index contributed by atoms with van der Waals surface area (Å²) in [5.41, 5.74) is 1.38. The number of halogens is 3. The van der Waals surface area contributed by atoms with Gasteiger partial charge in [-0.15, -0.1) is 29.8 Å². The van der Waals surface area contributed by atoms with Gasteiger partial charge < -0.3 is 4.43 Å². The molecule has 4 atom stereocenters. The molecule has 1 rings (SSSR count). The van der Waals surface area contributed by atoms with Crippen molar-refractivity contribution in [3.8, 4) is 0 Å². The molecule has 4 unspecified atom stereocenters. The zero-order chi connectivity index (χ0) is 8.43. The quantitative estimate of drug-likeness (QED) is 0.497. The van der Waals surface area contributed by atoms with Gasteiger partial charge in [0.15, 0.2) is 0 Å². The van der Waals surface area contributed by atoms with Crippen molar-refractivity contribution in [1.82, 2.24) is 0 Å². The molecule has 64 valence electrons. The largest absolute Gasteiger partial charge is 0.399 e. The van der Waals surface area contributed by atoms with Crippen molar-refractivity contribution < 1.29 is 4.43 Å². The first kappa shape index (κ1) is 9.87. The summed E-state index contributed by atoms with van der Waals surface area (Å²) >= 11 is 17.5. The fourth-order valence-corrected chi connectivity index (χ4v) is 4.36. The van der Waals surface area contributed by atoms with Crippen molar-refractivity contribution in [2.24, 2.45) is 0 Å². The summed E-state index contributed by atoms with van der Waals surface area (Å²) in [4.78, 5) is 0. The van der Waals surface area contributed by atoms with Gasteiger partial charge in [-0.1, -0.05) is 17.3 Å². The second kappa shape index (κ2) is 4.15. The lowest BCUT2D eigenvalue weighted by molar-refractivity contribution is 0.259. The number of alkyl halides is 3. The number of rotatable bonds is 1. The van der Waals surface area contributed by atoms with Gasteiger partial charge in [0, 0.05) is 0 Å². The summed E-state index contributed by atoms with van der Waals surface area (Å²) < 4.78 is 5.39. The van der Waals surface area contributed by atoms with E-state index in [1.165, 1.54) is 0 Å². The van der Waals surface area contributed by atoms with Gasteiger partial charge in [-0.05, 0) is 6.04 Å². The molecule has 1 fully saturated rings. The predicted molar refractivity (Wildman–Crippen MR) is 52.2 cm³/mol. The summed E-state index contributed by atoms with van der Waals surface area (Å²) in [6, 6.07) is 0.822. The highest BCUT2D eigenvalue weighted by atomic mass is 35.5. The van der Waals surface area contributed by atoms with Crippen LogP contribution in [0.15, 0.2) is 12.3 Å². The Labute approximate surface area is 83.0 Å². The lowest BCUT2D eigenvalue weighted by Crippen LogP contribution is -2.41. The Hall–Kier alpha value is 0.787. The molecule has 5 heteroatoms. The molecule has 0 saturated carbocycles. The Morgan fingerprint density at radius 3 is 2.55 bits per heavy atom. The van der Waals surface area contributed by atoms with E-state index in [0.717, 1.165) is 6.04 Å². The van der Waals surface area contributed by atoms with E-state index in [-0.39, 0.29) is 10.8 Å². The van der Waals surface area contributed by atoms with Crippen LogP contribution < -0.4 is 0 Å². The topological polar surface area (TPSA) is 9.23 Å². The van der Waals surface area contributed by atoms with E-state index in [9.17, 15) is 0 Å². The lowest BCUT2D eigenvalue weighted by Gasteiger charge is -2.31. The normalized spacial score (nSPS) is 45.4. The average Bonchev–Trinajstić information content (AvgIpc) is 1.99. The molecule has 0 amide bonds. The van der Waals surface area contributed by atoms with Crippen molar-refractivity contribution in [3.63, 3.8) is 0 Å². The lowest BCUT2D eigenvalue weighted by atomic mass is 10.3. The molecule has 0 aromatic carbocycles. The minimum Gasteiger partial charge on any atom is -0.399 e. The van der Waals surface area contributed by atoms with Gasteiger partial charge >= 0.3 is 0 Å². The van der Waals surface area contributed by atoms with Crippen molar-refractivity contribution >= 4 is 43.8 Å². The van der Waals surface area contributed by atoms with Crippen molar-refractivity contribution in [1.29, 1.82) is 0 Å². The Morgan fingerprint density at radius 2 is 2.09 bits per heavy atom. The van der Waals surface area contributed by atoms with E-state index >= 15 is 0 Å². The van der Waals surface area contributed by atoms with E-state index < -0.39 is 14.6 Å². The van der Waals surface area contributed by atoms with Crippen LogP contribution in [0.3, 0.4) is 0 Å². The zero-order valence-corrected chi connectivity index (χ0v) is 9.27. The zero-order valence-electron chi connectivity index (χ0n) is 5.84. The van der Waals surface area contributed by atoms with E-state index in [2.05, 4.69) is 6.58 Å². The van der Waals surface area contributed by atoms with Crippen molar-refractivity contribution in [2.45, 2.75) is 22.4 Å². The molecular formula is C6H9Cl3OSi. The molecule has 11 heavy (non-hydrogen) atoms. The van der Waals surface area contributed by atoms with E-state index in [1.807, 2.05) is 5.70 Å². The van der Waals surface area contributed by atoms with Crippen molar-refractivity contribution in [2.75, 3.05) is 0 Å². The molecule has 1 aliphatic rings. The molecular weight excluding hydrogens is 223 g/mol. The fraction of sp³-hybridized carbons (Fsp3) is 0.667. The van der Waals surface area contributed by atoms with E-state index in [1.54, 1.807) is 0 Å². The molecule has 1 aliphatic heterocycles. The maximum atomic E-state index is 5.93. The van der Waals surface area contributed by atoms with Crippen LogP contribution in [0, 0.1) is 0 Å². The standard InChI is InChI=1S/C6H9Cl3OSi/c1-2-11-3-4(7)5(8)6(9)10-11/h2,4-6,11H,1,3H2. The minimum absolute atomic E-state index is 0.0671. The first-order valence-electron chi connectivity index (χ1n) is 3.35. The Bertz CT molecular complexity index is 143. The van der Waals surface area contributed by atoms with E-state index in [0.29, 0.717) is 0 Å². The third kappa shape index (κ3) is 2.36. The van der Waals surface area contributed by atoms with Gasteiger partial charge in [0.25, 0.3) is 0 Å². The summed E-state index contributed by atoms with van der Waals surface area (Å²) in [5.74, 6) is 0. The maximum Gasteiger partial charge on any atom is 0.204 e. The molecule has 1 saturated heterocycles. The van der Waals surface area contributed by atoms with Crippen LogP contribution in [0.1, 0.15) is 0 Å². The van der Waals surface area contributed by atoms with Gasteiger partial charge in [-0.3, -0.25) is 0 Å². The van der Waals surface area contributed by atoms with Crippen molar-refractivity contribution in [3.05, 3.63) is 12.3 Å². The van der Waals surface area contributed by atoms with Crippen LogP contribution >= 0.6 is 34.8 Å².